The van der Waals surface area contributed by atoms with Gasteiger partial charge >= 0.3 is 0 Å². The van der Waals surface area contributed by atoms with Crippen molar-refractivity contribution in [2.75, 3.05) is 67.7 Å². The summed E-state index contributed by atoms with van der Waals surface area (Å²) in [7, 11) is 0. The van der Waals surface area contributed by atoms with Gasteiger partial charge in [-0.25, -0.2) is 18.7 Å². The predicted molar refractivity (Wildman–Crippen MR) is 141 cm³/mol. The number of nitrogens with one attached hydrogen (secondary N) is 1. The third-order valence-electron chi connectivity index (χ3n) is 6.85. The normalized spacial score (nSPS) is 16.2. The summed E-state index contributed by atoms with van der Waals surface area (Å²) in [6.07, 6.45) is 6.57. The van der Waals surface area contributed by atoms with E-state index >= 15 is 4.39 Å². The second-order valence-corrected chi connectivity index (χ2v) is 9.22. The third-order valence-corrected chi connectivity index (χ3v) is 6.85. The summed E-state index contributed by atoms with van der Waals surface area (Å²) in [6, 6.07) is 4.13. The van der Waals surface area contributed by atoms with E-state index in [1.807, 2.05) is 19.2 Å². The van der Waals surface area contributed by atoms with Crippen molar-refractivity contribution in [1.29, 1.82) is 0 Å². The van der Waals surface area contributed by atoms with Crippen LogP contribution in [-0.4, -0.2) is 72.5 Å². The van der Waals surface area contributed by atoms with E-state index in [-0.39, 0.29) is 10.9 Å². The summed E-state index contributed by atoms with van der Waals surface area (Å²) in [6.45, 7) is 7.16. The van der Waals surface area contributed by atoms with Crippen LogP contribution in [0.25, 0.3) is 22.3 Å². The van der Waals surface area contributed by atoms with Crippen molar-refractivity contribution in [2.45, 2.75) is 6.92 Å². The molecule has 2 fully saturated rings. The quantitative estimate of drug-likeness (QED) is 0.419. The highest BCUT2D eigenvalue weighted by atomic mass is 19.1. The first kappa shape index (κ1) is 24.4. The molecule has 5 heterocycles. The molecule has 4 aromatic rings. The Morgan fingerprint density at radius 2 is 1.61 bits per heavy atom. The van der Waals surface area contributed by atoms with Crippen LogP contribution in [0.15, 0.2) is 43.0 Å². The summed E-state index contributed by atoms with van der Waals surface area (Å²) < 4.78 is 40.7. The molecule has 1 N–H and O–H groups in total. The first-order valence-electron chi connectivity index (χ1n) is 12.6. The number of anilines is 4. The number of rotatable bonds is 5. The molecule has 0 atom stereocenters. The van der Waals surface area contributed by atoms with Gasteiger partial charge in [0.1, 0.15) is 17.3 Å². The number of ether oxygens (including phenoxy) is 2. The van der Waals surface area contributed by atoms with Crippen molar-refractivity contribution in [3.8, 4) is 11.4 Å². The molecular weight excluding hydrogens is 492 g/mol. The van der Waals surface area contributed by atoms with E-state index in [4.69, 9.17) is 14.5 Å². The van der Waals surface area contributed by atoms with Crippen LogP contribution < -0.4 is 15.1 Å². The molecule has 0 saturated carbocycles. The van der Waals surface area contributed by atoms with E-state index in [0.717, 1.165) is 30.7 Å². The summed E-state index contributed by atoms with van der Waals surface area (Å²) in [5, 5.41) is 3.67. The van der Waals surface area contributed by atoms with Gasteiger partial charge in [0.05, 0.1) is 72.5 Å². The second kappa shape index (κ2) is 10.4. The fourth-order valence-corrected chi connectivity index (χ4v) is 4.93. The average molecular weight is 520 g/mol. The van der Waals surface area contributed by atoms with Crippen molar-refractivity contribution in [3.63, 3.8) is 0 Å². The average Bonchev–Trinajstić information content (AvgIpc) is 2.95. The fraction of sp³-hybridized carbons (Fsp3) is 0.333. The lowest BCUT2D eigenvalue weighted by Crippen LogP contribution is -2.38. The van der Waals surface area contributed by atoms with Gasteiger partial charge in [0, 0.05) is 56.3 Å². The van der Waals surface area contributed by atoms with Crippen LogP contribution in [0.1, 0.15) is 5.56 Å². The number of hydrogen-bond acceptors (Lipinski definition) is 9. The van der Waals surface area contributed by atoms with Gasteiger partial charge in [-0.1, -0.05) is 0 Å². The highest BCUT2D eigenvalue weighted by Crippen LogP contribution is 2.39. The Bertz CT molecular complexity index is 1460. The highest BCUT2D eigenvalue weighted by Gasteiger charge is 2.23. The van der Waals surface area contributed by atoms with Gasteiger partial charge in [-0.05, 0) is 13.0 Å². The summed E-state index contributed by atoms with van der Waals surface area (Å²) >= 11 is 0. The lowest BCUT2D eigenvalue weighted by Gasteiger charge is -2.32. The maximum Gasteiger partial charge on any atom is 0.152 e. The van der Waals surface area contributed by atoms with Crippen molar-refractivity contribution in [2.24, 2.45) is 0 Å². The molecular formula is C27H27F2N7O2. The number of fused-ring (bicyclic) bond motifs is 1. The van der Waals surface area contributed by atoms with Gasteiger partial charge in [-0.3, -0.25) is 9.97 Å². The van der Waals surface area contributed by atoms with E-state index < -0.39 is 11.6 Å². The Balaban J connectivity index is 1.52. The number of halogens is 2. The van der Waals surface area contributed by atoms with Gasteiger partial charge in [0.25, 0.3) is 0 Å². The monoisotopic (exact) mass is 519 g/mol. The van der Waals surface area contributed by atoms with Gasteiger partial charge in [0.2, 0.25) is 0 Å². The third kappa shape index (κ3) is 4.70. The Hall–Kier alpha value is -3.96. The predicted octanol–water partition coefficient (Wildman–Crippen LogP) is 4.09. The molecule has 11 heteroatoms. The van der Waals surface area contributed by atoms with E-state index in [1.54, 1.807) is 18.6 Å². The number of nitrogens with zero attached hydrogens (tertiary/aromatic N) is 6. The van der Waals surface area contributed by atoms with E-state index in [9.17, 15) is 4.39 Å². The van der Waals surface area contributed by atoms with E-state index in [1.165, 1.54) is 6.07 Å². The molecule has 3 aromatic heterocycles. The van der Waals surface area contributed by atoms with Gasteiger partial charge in [-0.15, -0.1) is 0 Å². The smallest absolute Gasteiger partial charge is 0.152 e. The molecule has 9 nitrogen and oxygen atoms in total. The second-order valence-electron chi connectivity index (χ2n) is 9.22. The Morgan fingerprint density at radius 1 is 0.868 bits per heavy atom. The zero-order valence-corrected chi connectivity index (χ0v) is 21.0. The van der Waals surface area contributed by atoms with E-state index in [2.05, 4.69) is 30.1 Å². The van der Waals surface area contributed by atoms with Crippen LogP contribution in [0.3, 0.4) is 0 Å². The molecule has 0 bridgehead atoms. The molecule has 0 amide bonds. The maximum absolute atomic E-state index is 15.3. The molecule has 0 spiro atoms. The zero-order valence-electron chi connectivity index (χ0n) is 21.0. The van der Waals surface area contributed by atoms with Crippen molar-refractivity contribution in [1.82, 2.24) is 19.9 Å². The van der Waals surface area contributed by atoms with Crippen molar-refractivity contribution in [3.05, 3.63) is 60.2 Å². The summed E-state index contributed by atoms with van der Waals surface area (Å²) in [4.78, 5) is 22.3. The number of aromatic nitrogens is 4. The zero-order chi connectivity index (χ0) is 26.1. The van der Waals surface area contributed by atoms with Gasteiger partial charge in [0.15, 0.2) is 5.82 Å². The highest BCUT2D eigenvalue weighted by molar-refractivity contribution is 5.99. The van der Waals surface area contributed by atoms with E-state index in [0.29, 0.717) is 67.8 Å². The van der Waals surface area contributed by atoms with Crippen LogP contribution >= 0.6 is 0 Å². The lowest BCUT2D eigenvalue weighted by molar-refractivity contribution is 0.122. The molecule has 0 aliphatic carbocycles. The fourth-order valence-electron chi connectivity index (χ4n) is 4.93. The van der Waals surface area contributed by atoms with Crippen LogP contribution in [0.4, 0.5) is 31.7 Å². The SMILES string of the molecule is Cc1c(-c2cnccn2)nc2cc(F)cc(F)c2c1Nc1cc(N2CCOCC2)cnc1N1CCOCC1. The molecule has 2 aliphatic rings. The first-order chi connectivity index (χ1) is 18.6. The first-order valence-corrected chi connectivity index (χ1v) is 12.6. The minimum atomic E-state index is -0.701. The van der Waals surface area contributed by atoms with Crippen molar-refractivity contribution < 1.29 is 18.3 Å². The maximum atomic E-state index is 15.3. The largest absolute Gasteiger partial charge is 0.378 e. The topological polar surface area (TPSA) is 88.5 Å². The molecule has 1 aromatic carbocycles. The molecule has 0 radical (unpaired) electrons. The number of hydrogen-bond donors (Lipinski definition) is 1. The lowest BCUT2D eigenvalue weighted by atomic mass is 10.0. The Kier molecular flexibility index (Phi) is 6.69. The number of benzene rings is 1. The van der Waals surface area contributed by atoms with Gasteiger partial charge in [-0.2, -0.15) is 0 Å². The number of pyridine rings is 2. The van der Waals surface area contributed by atoms with Crippen LogP contribution in [0.2, 0.25) is 0 Å². The molecule has 2 saturated heterocycles. The summed E-state index contributed by atoms with van der Waals surface area (Å²) in [5.74, 6) is -0.667. The molecule has 6 rings (SSSR count). The standard InChI is InChI=1S/C27H27F2N7O2/c1-17-25(23-16-30-2-3-31-23)33-21-13-18(28)12-20(29)24(21)26(17)34-22-14-19(35-4-8-37-9-5-35)15-32-27(22)36-6-10-38-11-7-36/h2-3,12-16H,4-11H2,1H3,(H,33,34). The number of morpholine rings is 2. The minimum absolute atomic E-state index is 0.182. The Morgan fingerprint density at radius 3 is 2.32 bits per heavy atom. The molecule has 2 aliphatic heterocycles. The van der Waals surface area contributed by atoms with Crippen molar-refractivity contribution >= 4 is 33.8 Å². The van der Waals surface area contributed by atoms with Crippen LogP contribution in [0.5, 0.6) is 0 Å². The molecule has 0 unspecified atom stereocenters. The molecule has 196 valence electrons. The molecule has 38 heavy (non-hydrogen) atoms. The Labute approximate surface area is 218 Å². The van der Waals surface area contributed by atoms with Crippen LogP contribution in [0, 0.1) is 18.6 Å². The van der Waals surface area contributed by atoms with Gasteiger partial charge < -0.3 is 24.6 Å². The summed E-state index contributed by atoms with van der Waals surface area (Å²) in [5.41, 5.74) is 3.96. The minimum Gasteiger partial charge on any atom is -0.378 e. The van der Waals surface area contributed by atoms with Crippen LogP contribution in [-0.2, 0) is 9.47 Å².